The Kier molecular flexibility index (Phi) is 15.1. The van der Waals surface area contributed by atoms with Crippen LogP contribution in [0.25, 0.3) is 0 Å². The van der Waals surface area contributed by atoms with Gasteiger partial charge in [0.2, 0.25) is 0 Å². The third kappa shape index (κ3) is 14.7. The maximum Gasteiger partial charge on any atom is 0.143 e. The van der Waals surface area contributed by atoms with Crippen molar-refractivity contribution in [2.75, 3.05) is 26.2 Å². The number of rotatable bonds is 12. The van der Waals surface area contributed by atoms with Crippen LogP contribution in [-0.4, -0.2) is 44.6 Å². The van der Waals surface area contributed by atoms with Crippen molar-refractivity contribution in [3.8, 4) is 0 Å². The van der Waals surface area contributed by atoms with Crippen LogP contribution in [0.4, 0.5) is 0 Å². The highest BCUT2D eigenvalue weighted by Gasteiger charge is 2.18. The standard InChI is InChI=1S/C22H44N2S3/c1-17(2)9-13-23(14-10-18(3)4)21(25)27-22(26)24(15-11-19(5)6)16-12-20(7)8/h17-20H,9-16H2,1-8H3. The molecule has 0 aliphatic heterocycles. The van der Waals surface area contributed by atoms with Gasteiger partial charge < -0.3 is 9.80 Å². The van der Waals surface area contributed by atoms with Gasteiger partial charge in [-0.05, 0) is 61.1 Å². The third-order valence-electron chi connectivity index (χ3n) is 4.60. The van der Waals surface area contributed by atoms with Gasteiger partial charge in [-0.2, -0.15) is 0 Å². The Labute approximate surface area is 185 Å². The van der Waals surface area contributed by atoms with Crippen LogP contribution in [0.3, 0.4) is 0 Å². The Morgan fingerprint density at radius 2 is 0.778 bits per heavy atom. The first kappa shape index (κ1) is 27.1. The van der Waals surface area contributed by atoms with E-state index in [0.29, 0.717) is 23.7 Å². The monoisotopic (exact) mass is 432 g/mol. The van der Waals surface area contributed by atoms with Gasteiger partial charge in [0, 0.05) is 26.2 Å². The van der Waals surface area contributed by atoms with Crippen LogP contribution in [0.1, 0.15) is 81.1 Å². The van der Waals surface area contributed by atoms with E-state index in [1.165, 1.54) is 25.7 Å². The van der Waals surface area contributed by atoms with Crippen molar-refractivity contribution >= 4 is 44.8 Å². The van der Waals surface area contributed by atoms with Gasteiger partial charge >= 0.3 is 0 Å². The van der Waals surface area contributed by atoms with Gasteiger partial charge in [0.25, 0.3) is 0 Å². The van der Waals surface area contributed by atoms with Gasteiger partial charge in [0.1, 0.15) is 8.64 Å². The van der Waals surface area contributed by atoms with E-state index in [1.54, 1.807) is 11.8 Å². The molecule has 0 aromatic rings. The van der Waals surface area contributed by atoms with Crippen molar-refractivity contribution < 1.29 is 0 Å². The summed E-state index contributed by atoms with van der Waals surface area (Å²) in [7, 11) is 0. The number of hydrogen-bond acceptors (Lipinski definition) is 3. The molecule has 0 aromatic carbocycles. The molecule has 5 heteroatoms. The average molecular weight is 433 g/mol. The highest BCUT2D eigenvalue weighted by Crippen LogP contribution is 2.20. The first-order chi connectivity index (χ1) is 12.5. The molecular weight excluding hydrogens is 388 g/mol. The fourth-order valence-corrected chi connectivity index (χ4v) is 4.22. The minimum Gasteiger partial charge on any atom is -0.357 e. The zero-order valence-corrected chi connectivity index (χ0v) is 21.5. The zero-order valence-electron chi connectivity index (χ0n) is 19.1. The summed E-state index contributed by atoms with van der Waals surface area (Å²) in [5.74, 6) is 2.78. The van der Waals surface area contributed by atoms with E-state index in [1.807, 2.05) is 0 Å². The van der Waals surface area contributed by atoms with Gasteiger partial charge in [-0.3, -0.25) is 0 Å². The summed E-state index contributed by atoms with van der Waals surface area (Å²) in [6.45, 7) is 22.4. The third-order valence-corrected chi connectivity index (χ3v) is 6.48. The molecule has 0 radical (unpaired) electrons. The van der Waals surface area contributed by atoms with Crippen LogP contribution < -0.4 is 0 Å². The predicted molar refractivity (Wildman–Crippen MR) is 134 cm³/mol. The lowest BCUT2D eigenvalue weighted by molar-refractivity contribution is 0.361. The van der Waals surface area contributed by atoms with E-state index >= 15 is 0 Å². The van der Waals surface area contributed by atoms with Gasteiger partial charge in [-0.25, -0.2) is 0 Å². The summed E-state index contributed by atoms with van der Waals surface area (Å²) in [6, 6.07) is 0. The van der Waals surface area contributed by atoms with E-state index in [2.05, 4.69) is 65.2 Å². The van der Waals surface area contributed by atoms with Crippen molar-refractivity contribution in [1.82, 2.24) is 9.80 Å². The first-order valence-electron chi connectivity index (χ1n) is 10.8. The summed E-state index contributed by atoms with van der Waals surface area (Å²) in [6.07, 6.45) is 4.71. The molecule has 0 atom stereocenters. The molecule has 160 valence electrons. The van der Waals surface area contributed by atoms with E-state index in [9.17, 15) is 0 Å². The van der Waals surface area contributed by atoms with Crippen molar-refractivity contribution in [3.05, 3.63) is 0 Å². The molecule has 0 aromatic heterocycles. The van der Waals surface area contributed by atoms with Gasteiger partial charge in [0.15, 0.2) is 0 Å². The Morgan fingerprint density at radius 3 is 0.963 bits per heavy atom. The van der Waals surface area contributed by atoms with Crippen LogP contribution in [-0.2, 0) is 0 Å². The molecule has 0 aliphatic rings. The first-order valence-corrected chi connectivity index (χ1v) is 12.4. The largest absolute Gasteiger partial charge is 0.357 e. The van der Waals surface area contributed by atoms with E-state index in [4.69, 9.17) is 24.4 Å². The molecule has 2 nitrogen and oxygen atoms in total. The number of thioether (sulfide) groups is 1. The van der Waals surface area contributed by atoms with E-state index in [0.717, 1.165) is 34.8 Å². The normalized spacial score (nSPS) is 11.7. The highest BCUT2D eigenvalue weighted by molar-refractivity contribution is 8.37. The predicted octanol–water partition coefficient (Wildman–Crippen LogP) is 7.08. The highest BCUT2D eigenvalue weighted by atomic mass is 32.2. The molecule has 0 fully saturated rings. The van der Waals surface area contributed by atoms with Crippen LogP contribution >= 0.6 is 36.2 Å². The fourth-order valence-electron chi connectivity index (χ4n) is 2.45. The summed E-state index contributed by atoms with van der Waals surface area (Å²) < 4.78 is 1.92. The van der Waals surface area contributed by atoms with E-state index in [-0.39, 0.29) is 0 Å². The summed E-state index contributed by atoms with van der Waals surface area (Å²) in [5.41, 5.74) is 0. The zero-order chi connectivity index (χ0) is 21.0. The van der Waals surface area contributed by atoms with Gasteiger partial charge in [-0.15, -0.1) is 0 Å². The molecule has 0 amide bonds. The molecule has 0 rings (SSSR count). The van der Waals surface area contributed by atoms with Crippen LogP contribution in [0.2, 0.25) is 0 Å². The van der Waals surface area contributed by atoms with Crippen LogP contribution in [0, 0.1) is 23.7 Å². The van der Waals surface area contributed by atoms with Gasteiger partial charge in [0.05, 0.1) is 0 Å². The maximum absolute atomic E-state index is 5.82. The number of nitrogens with zero attached hydrogens (tertiary/aromatic N) is 2. The van der Waals surface area contributed by atoms with Gasteiger partial charge in [-0.1, -0.05) is 79.8 Å². The van der Waals surface area contributed by atoms with Crippen molar-refractivity contribution in [3.63, 3.8) is 0 Å². The average Bonchev–Trinajstić information content (AvgIpc) is 2.53. The molecule has 0 saturated heterocycles. The lowest BCUT2D eigenvalue weighted by Crippen LogP contribution is -2.36. The number of hydrogen-bond donors (Lipinski definition) is 0. The topological polar surface area (TPSA) is 6.48 Å². The smallest absolute Gasteiger partial charge is 0.143 e. The molecular formula is C22H44N2S3. The van der Waals surface area contributed by atoms with Crippen molar-refractivity contribution in [1.29, 1.82) is 0 Å². The molecule has 0 bridgehead atoms. The lowest BCUT2D eigenvalue weighted by atomic mass is 10.1. The fraction of sp³-hybridized carbons (Fsp3) is 0.909. The molecule has 0 saturated carbocycles. The quantitative estimate of drug-likeness (QED) is 0.303. The maximum atomic E-state index is 5.82. The summed E-state index contributed by atoms with van der Waals surface area (Å²) >= 11 is 13.3. The Bertz CT molecular complexity index is 358. The van der Waals surface area contributed by atoms with Crippen LogP contribution in [0.15, 0.2) is 0 Å². The Balaban J connectivity index is 4.88. The van der Waals surface area contributed by atoms with Crippen molar-refractivity contribution in [2.45, 2.75) is 81.1 Å². The molecule has 0 spiro atoms. The second kappa shape index (κ2) is 15.0. The second-order valence-electron chi connectivity index (χ2n) is 9.34. The molecule has 27 heavy (non-hydrogen) atoms. The SMILES string of the molecule is CC(C)CCN(CCC(C)C)C(=S)SC(=S)N(CCC(C)C)CCC(C)C. The molecule has 0 N–H and O–H groups in total. The lowest BCUT2D eigenvalue weighted by Gasteiger charge is -2.30. The Hall–Kier alpha value is 0.130. The minimum atomic E-state index is 0.694. The summed E-state index contributed by atoms with van der Waals surface area (Å²) in [5, 5.41) is 0. The van der Waals surface area contributed by atoms with Crippen LogP contribution in [0.5, 0.6) is 0 Å². The molecule has 0 unspecified atom stereocenters. The van der Waals surface area contributed by atoms with E-state index < -0.39 is 0 Å². The van der Waals surface area contributed by atoms with Crippen molar-refractivity contribution in [2.24, 2.45) is 23.7 Å². The summed E-state index contributed by atoms with van der Waals surface area (Å²) in [4.78, 5) is 4.77. The molecule has 0 heterocycles. The Morgan fingerprint density at radius 1 is 0.556 bits per heavy atom. The number of thiocarbonyl (C=S) groups is 2. The second-order valence-corrected chi connectivity index (χ2v) is 11.6. The molecule has 0 aliphatic carbocycles. The minimum absolute atomic E-state index is 0.694.